The van der Waals surface area contributed by atoms with Crippen molar-refractivity contribution >= 4 is 23.3 Å². The van der Waals surface area contributed by atoms with Crippen LogP contribution in [0.15, 0.2) is 53.5 Å². The molecule has 0 unspecified atom stereocenters. The third-order valence-corrected chi connectivity index (χ3v) is 5.83. The highest BCUT2D eigenvalue weighted by Crippen LogP contribution is 2.32. The fraction of sp³-hybridized carbons (Fsp3) is 0.304. The van der Waals surface area contributed by atoms with Gasteiger partial charge < -0.3 is 10.3 Å². The summed E-state index contributed by atoms with van der Waals surface area (Å²) in [5, 5.41) is 1.91. The zero-order valence-corrected chi connectivity index (χ0v) is 18.0. The van der Waals surface area contributed by atoms with E-state index in [1.165, 1.54) is 23.5 Å². The molecular formula is C23H24F3N3OS. The van der Waals surface area contributed by atoms with Crippen molar-refractivity contribution in [2.75, 3.05) is 0 Å². The summed E-state index contributed by atoms with van der Waals surface area (Å²) in [5.41, 5.74) is 6.02. The van der Waals surface area contributed by atoms with E-state index in [0.717, 1.165) is 23.8 Å². The summed E-state index contributed by atoms with van der Waals surface area (Å²) in [4.78, 5) is 17.5. The molecule has 0 aliphatic heterocycles. The number of imidazole rings is 1. The summed E-state index contributed by atoms with van der Waals surface area (Å²) in [5.74, 6) is 0.122. The summed E-state index contributed by atoms with van der Waals surface area (Å²) in [7, 11) is 0. The van der Waals surface area contributed by atoms with Crippen LogP contribution in [0, 0.1) is 0 Å². The van der Waals surface area contributed by atoms with Gasteiger partial charge in [-0.1, -0.05) is 37.6 Å². The first-order valence-corrected chi connectivity index (χ1v) is 10.9. The standard InChI is InChI=1S/C23H24F3N3OS/c1-2-3-10-21-28-14-18(12-17(22(27)30)13-19-8-6-11-31-19)29(21)15-16-7-4-5-9-20(16)23(24,25)26/h4-9,11-12,14H,2-3,10,13,15H2,1H3,(H2,27,30). The number of alkyl halides is 3. The van der Waals surface area contributed by atoms with Crippen LogP contribution in [0.4, 0.5) is 13.2 Å². The topological polar surface area (TPSA) is 60.9 Å². The first-order chi connectivity index (χ1) is 14.8. The van der Waals surface area contributed by atoms with E-state index in [2.05, 4.69) is 4.98 Å². The minimum atomic E-state index is -4.45. The number of benzene rings is 1. The highest BCUT2D eigenvalue weighted by Gasteiger charge is 2.33. The van der Waals surface area contributed by atoms with Crippen molar-refractivity contribution in [1.82, 2.24) is 9.55 Å². The summed E-state index contributed by atoms with van der Waals surface area (Å²) in [6.45, 7) is 2.05. The van der Waals surface area contributed by atoms with Crippen LogP contribution in [0.3, 0.4) is 0 Å². The quantitative estimate of drug-likeness (QED) is 0.443. The van der Waals surface area contributed by atoms with Gasteiger partial charge in [-0.05, 0) is 35.6 Å². The Morgan fingerprint density at radius 2 is 2.00 bits per heavy atom. The maximum Gasteiger partial charge on any atom is 0.416 e. The average Bonchev–Trinajstić information content (AvgIpc) is 3.36. The lowest BCUT2D eigenvalue weighted by Crippen LogP contribution is -2.17. The van der Waals surface area contributed by atoms with E-state index >= 15 is 0 Å². The molecule has 3 aromatic rings. The number of carbonyl (C=O) groups excluding carboxylic acids is 1. The third kappa shape index (κ3) is 5.85. The molecule has 8 heteroatoms. The zero-order chi connectivity index (χ0) is 22.4. The number of hydrogen-bond acceptors (Lipinski definition) is 3. The number of rotatable bonds is 9. The summed E-state index contributed by atoms with van der Waals surface area (Å²) < 4.78 is 42.3. The molecule has 1 amide bonds. The Morgan fingerprint density at radius 3 is 2.65 bits per heavy atom. The lowest BCUT2D eigenvalue weighted by Gasteiger charge is -2.16. The largest absolute Gasteiger partial charge is 0.416 e. The number of nitrogens with two attached hydrogens (primary N) is 1. The van der Waals surface area contributed by atoms with Crippen molar-refractivity contribution in [2.45, 2.75) is 45.3 Å². The fourth-order valence-corrected chi connectivity index (χ4v) is 4.08. The Bertz CT molecular complexity index is 1050. The van der Waals surface area contributed by atoms with Crippen LogP contribution in [0.25, 0.3) is 6.08 Å². The Morgan fingerprint density at radius 1 is 1.23 bits per heavy atom. The predicted molar refractivity (Wildman–Crippen MR) is 117 cm³/mol. The molecule has 2 N–H and O–H groups in total. The minimum absolute atomic E-state index is 0.00556. The van der Waals surface area contributed by atoms with Crippen LogP contribution in [0.1, 0.15) is 47.3 Å². The Kier molecular flexibility index (Phi) is 7.33. The predicted octanol–water partition coefficient (Wildman–Crippen LogP) is 5.47. The number of thiophene rings is 1. The third-order valence-electron chi connectivity index (χ3n) is 4.96. The van der Waals surface area contributed by atoms with Crippen LogP contribution in [0.5, 0.6) is 0 Å². The van der Waals surface area contributed by atoms with Gasteiger partial charge in [0, 0.05) is 29.8 Å². The van der Waals surface area contributed by atoms with E-state index in [9.17, 15) is 18.0 Å². The number of primary amides is 1. The fourth-order valence-electron chi connectivity index (χ4n) is 3.35. The van der Waals surface area contributed by atoms with Gasteiger partial charge in [-0.15, -0.1) is 11.3 Å². The molecule has 3 rings (SSSR count). The van der Waals surface area contributed by atoms with Crippen LogP contribution in [-0.2, 0) is 30.4 Å². The number of amides is 1. The number of nitrogens with zero attached hydrogens (tertiary/aromatic N) is 2. The molecule has 0 saturated heterocycles. The van der Waals surface area contributed by atoms with Crippen LogP contribution in [-0.4, -0.2) is 15.5 Å². The smallest absolute Gasteiger partial charge is 0.366 e. The summed E-state index contributed by atoms with van der Waals surface area (Å²) in [6, 6.07) is 9.32. The van der Waals surface area contributed by atoms with Gasteiger partial charge >= 0.3 is 6.18 Å². The summed E-state index contributed by atoms with van der Waals surface area (Å²) >= 11 is 1.51. The Hall–Kier alpha value is -2.87. The first kappa shape index (κ1) is 22.8. The van der Waals surface area contributed by atoms with Gasteiger partial charge in [0.1, 0.15) is 5.82 Å². The van der Waals surface area contributed by atoms with Crippen molar-refractivity contribution in [3.63, 3.8) is 0 Å². The van der Waals surface area contributed by atoms with E-state index in [0.29, 0.717) is 29.9 Å². The number of halogens is 3. The molecule has 31 heavy (non-hydrogen) atoms. The van der Waals surface area contributed by atoms with Gasteiger partial charge in [0.2, 0.25) is 5.91 Å². The molecule has 0 spiro atoms. The monoisotopic (exact) mass is 447 g/mol. The van der Waals surface area contributed by atoms with E-state index in [-0.39, 0.29) is 12.1 Å². The van der Waals surface area contributed by atoms with Crippen molar-refractivity contribution in [3.05, 3.63) is 81.1 Å². The molecule has 0 atom stereocenters. The minimum Gasteiger partial charge on any atom is -0.366 e. The second-order valence-corrected chi connectivity index (χ2v) is 8.27. The number of unbranched alkanes of at least 4 members (excludes halogenated alkanes) is 1. The second kappa shape index (κ2) is 9.96. The highest BCUT2D eigenvalue weighted by atomic mass is 32.1. The maximum absolute atomic E-state index is 13.5. The molecule has 0 saturated carbocycles. The zero-order valence-electron chi connectivity index (χ0n) is 17.2. The molecule has 0 bridgehead atoms. The Balaban J connectivity index is 2.03. The number of aryl methyl sites for hydroxylation is 1. The van der Waals surface area contributed by atoms with E-state index in [1.807, 2.05) is 24.4 Å². The molecule has 2 aromatic heterocycles. The van der Waals surface area contributed by atoms with Crippen molar-refractivity contribution in [2.24, 2.45) is 5.73 Å². The van der Waals surface area contributed by atoms with Gasteiger partial charge in [0.05, 0.1) is 17.5 Å². The molecule has 0 radical (unpaired) electrons. The van der Waals surface area contributed by atoms with E-state index in [4.69, 9.17) is 5.73 Å². The molecule has 1 aromatic carbocycles. The van der Waals surface area contributed by atoms with Gasteiger partial charge in [-0.25, -0.2) is 4.98 Å². The van der Waals surface area contributed by atoms with Gasteiger partial charge in [0.25, 0.3) is 0 Å². The van der Waals surface area contributed by atoms with Gasteiger partial charge in [-0.2, -0.15) is 13.2 Å². The Labute approximate surface area is 183 Å². The molecular weight excluding hydrogens is 423 g/mol. The van der Waals surface area contributed by atoms with Crippen molar-refractivity contribution in [3.8, 4) is 0 Å². The summed E-state index contributed by atoms with van der Waals surface area (Å²) in [6.07, 6.45) is 1.57. The molecule has 2 heterocycles. The van der Waals surface area contributed by atoms with Crippen LogP contribution in [0.2, 0.25) is 0 Å². The first-order valence-electron chi connectivity index (χ1n) is 10.0. The molecule has 4 nitrogen and oxygen atoms in total. The molecule has 164 valence electrons. The SMILES string of the molecule is CCCCc1ncc(C=C(Cc2cccs2)C(N)=O)n1Cc1ccccc1C(F)(F)F. The number of hydrogen-bond donors (Lipinski definition) is 1. The normalized spacial score (nSPS) is 12.3. The number of aromatic nitrogens is 2. The highest BCUT2D eigenvalue weighted by molar-refractivity contribution is 7.09. The molecule has 0 fully saturated rings. The van der Waals surface area contributed by atoms with Crippen LogP contribution >= 0.6 is 11.3 Å². The maximum atomic E-state index is 13.5. The molecule has 0 aliphatic rings. The van der Waals surface area contributed by atoms with Crippen molar-refractivity contribution in [1.29, 1.82) is 0 Å². The second-order valence-electron chi connectivity index (χ2n) is 7.23. The van der Waals surface area contributed by atoms with Gasteiger partial charge in [-0.3, -0.25) is 4.79 Å². The number of carbonyl (C=O) groups is 1. The van der Waals surface area contributed by atoms with Gasteiger partial charge in [0.15, 0.2) is 0 Å². The van der Waals surface area contributed by atoms with E-state index < -0.39 is 17.6 Å². The van der Waals surface area contributed by atoms with Crippen molar-refractivity contribution < 1.29 is 18.0 Å². The lowest BCUT2D eigenvalue weighted by atomic mass is 10.1. The average molecular weight is 448 g/mol. The lowest BCUT2D eigenvalue weighted by molar-refractivity contribution is -0.138. The molecule has 0 aliphatic carbocycles. The van der Waals surface area contributed by atoms with Crippen LogP contribution < -0.4 is 5.73 Å². The van der Waals surface area contributed by atoms with E-state index in [1.54, 1.807) is 22.9 Å².